The van der Waals surface area contributed by atoms with Crippen LogP contribution in [0.4, 0.5) is 17.6 Å². The first-order valence-electron chi connectivity index (χ1n) is 10.2. The molecule has 15 heteroatoms. The van der Waals surface area contributed by atoms with Crippen LogP contribution in [-0.4, -0.2) is 56.9 Å². The number of hydrogen-bond acceptors (Lipinski definition) is 7. The van der Waals surface area contributed by atoms with Crippen molar-refractivity contribution in [1.82, 2.24) is 44.5 Å². The van der Waals surface area contributed by atoms with Crippen LogP contribution in [0.1, 0.15) is 33.8 Å². The standard InChI is InChI=1S/C20H13F4N9O2/c21-11-2-1-4-32-14(11)6-13(30-32)16-15-12(25-9-26-15)3-5-31(16)19(34)18-29-28-17(35-18)10-7-27-33(8-10)20(22,23)24/h1-2,4,6-9,16H,3,5H2,(H,25,26). The number of pyridine rings is 1. The number of fused-ring (bicyclic) bond motifs is 2. The summed E-state index contributed by atoms with van der Waals surface area (Å²) in [5.74, 6) is -1.89. The van der Waals surface area contributed by atoms with E-state index in [2.05, 4.69) is 30.4 Å². The first kappa shape index (κ1) is 21.0. The molecule has 0 radical (unpaired) electrons. The number of H-pyrrole nitrogens is 1. The van der Waals surface area contributed by atoms with Gasteiger partial charge >= 0.3 is 18.1 Å². The van der Waals surface area contributed by atoms with Gasteiger partial charge < -0.3 is 14.3 Å². The van der Waals surface area contributed by atoms with E-state index >= 15 is 0 Å². The molecule has 1 atom stereocenters. The van der Waals surface area contributed by atoms with Crippen LogP contribution in [0, 0.1) is 5.82 Å². The van der Waals surface area contributed by atoms with E-state index < -0.39 is 30.0 Å². The molecule has 0 aromatic carbocycles. The maximum absolute atomic E-state index is 14.3. The van der Waals surface area contributed by atoms with E-state index in [1.54, 1.807) is 6.20 Å². The van der Waals surface area contributed by atoms with Gasteiger partial charge in [0, 0.05) is 31.1 Å². The smallest absolute Gasteiger partial charge is 0.412 e. The van der Waals surface area contributed by atoms with E-state index in [1.165, 1.54) is 33.9 Å². The van der Waals surface area contributed by atoms with Crippen molar-refractivity contribution in [3.05, 3.63) is 71.9 Å². The van der Waals surface area contributed by atoms with E-state index in [0.717, 1.165) is 11.9 Å². The minimum atomic E-state index is -4.72. The molecule has 6 heterocycles. The first-order chi connectivity index (χ1) is 16.8. The average molecular weight is 487 g/mol. The lowest BCUT2D eigenvalue weighted by molar-refractivity contribution is -0.212. The molecule has 0 saturated carbocycles. The largest absolute Gasteiger partial charge is 0.504 e. The Kier molecular flexibility index (Phi) is 4.49. The van der Waals surface area contributed by atoms with Crippen molar-refractivity contribution in [1.29, 1.82) is 0 Å². The van der Waals surface area contributed by atoms with E-state index in [4.69, 9.17) is 4.42 Å². The number of carbonyl (C=O) groups is 1. The molecule has 1 unspecified atom stereocenters. The van der Waals surface area contributed by atoms with Gasteiger partial charge in [0.15, 0.2) is 0 Å². The average Bonchev–Trinajstić information content (AvgIpc) is 3.62. The van der Waals surface area contributed by atoms with E-state index in [1.807, 2.05) is 0 Å². The van der Waals surface area contributed by atoms with Crippen LogP contribution in [0.5, 0.6) is 0 Å². The third-order valence-electron chi connectivity index (χ3n) is 5.63. The minimum Gasteiger partial charge on any atom is -0.412 e. The SMILES string of the molecule is O=C(c1nnc(-c2cnn(C(F)(F)F)c2)o1)N1CCc2[nH]cnc2C1c1cc2c(F)cccn2n1. The fourth-order valence-electron chi connectivity index (χ4n) is 4.05. The Morgan fingerprint density at radius 1 is 1.26 bits per heavy atom. The molecule has 5 aromatic heterocycles. The Morgan fingerprint density at radius 3 is 2.89 bits per heavy atom. The number of hydrogen-bond donors (Lipinski definition) is 1. The highest BCUT2D eigenvalue weighted by atomic mass is 19.4. The van der Waals surface area contributed by atoms with Crippen LogP contribution in [-0.2, 0) is 12.7 Å². The zero-order valence-corrected chi connectivity index (χ0v) is 17.4. The number of halogens is 4. The minimum absolute atomic E-state index is 0.102. The zero-order valence-electron chi connectivity index (χ0n) is 17.4. The quantitative estimate of drug-likeness (QED) is 0.388. The van der Waals surface area contributed by atoms with Gasteiger partial charge in [-0.25, -0.2) is 13.9 Å². The van der Waals surface area contributed by atoms with Gasteiger partial charge in [0.05, 0.1) is 29.5 Å². The molecule has 35 heavy (non-hydrogen) atoms. The molecule has 1 amide bonds. The molecule has 1 aliphatic heterocycles. The Morgan fingerprint density at radius 2 is 2.11 bits per heavy atom. The lowest BCUT2D eigenvalue weighted by atomic mass is 9.99. The van der Waals surface area contributed by atoms with Gasteiger partial charge in [-0.1, -0.05) is 0 Å². The summed E-state index contributed by atoms with van der Waals surface area (Å²) in [5.41, 5.74) is 1.80. The lowest BCUT2D eigenvalue weighted by Crippen LogP contribution is -2.41. The van der Waals surface area contributed by atoms with E-state index in [0.29, 0.717) is 24.0 Å². The number of alkyl halides is 3. The van der Waals surface area contributed by atoms with Crippen LogP contribution in [0.3, 0.4) is 0 Å². The summed E-state index contributed by atoms with van der Waals surface area (Å²) >= 11 is 0. The summed E-state index contributed by atoms with van der Waals surface area (Å²) in [4.78, 5) is 22.2. The fourth-order valence-corrected chi connectivity index (χ4v) is 4.05. The molecule has 0 fully saturated rings. The predicted octanol–water partition coefficient (Wildman–Crippen LogP) is 2.71. The van der Waals surface area contributed by atoms with Crippen molar-refractivity contribution in [2.45, 2.75) is 18.8 Å². The van der Waals surface area contributed by atoms with Crippen molar-refractivity contribution in [3.8, 4) is 11.5 Å². The molecule has 0 bridgehead atoms. The molecular formula is C20H13F4N9O2. The van der Waals surface area contributed by atoms with Crippen LogP contribution in [0.15, 0.2) is 47.5 Å². The maximum Gasteiger partial charge on any atom is 0.504 e. The van der Waals surface area contributed by atoms with Crippen LogP contribution < -0.4 is 0 Å². The first-order valence-corrected chi connectivity index (χ1v) is 10.2. The number of nitrogens with one attached hydrogen (secondary N) is 1. The topological polar surface area (TPSA) is 123 Å². The number of aromatic amines is 1. The molecule has 0 saturated heterocycles. The monoisotopic (exact) mass is 487 g/mol. The maximum atomic E-state index is 14.3. The van der Waals surface area contributed by atoms with Crippen LogP contribution in [0.25, 0.3) is 17.0 Å². The Balaban J connectivity index is 1.37. The number of imidazole rings is 1. The summed E-state index contributed by atoms with van der Waals surface area (Å²) < 4.78 is 59.3. The zero-order chi connectivity index (χ0) is 24.3. The molecule has 6 rings (SSSR count). The Labute approximate surface area is 192 Å². The Bertz CT molecular complexity index is 1560. The molecule has 178 valence electrons. The van der Waals surface area contributed by atoms with Gasteiger partial charge in [-0.15, -0.1) is 23.4 Å². The number of aromatic nitrogens is 8. The highest BCUT2D eigenvalue weighted by molar-refractivity contribution is 5.90. The lowest BCUT2D eigenvalue weighted by Gasteiger charge is -2.32. The number of rotatable bonds is 3. The second-order valence-electron chi connectivity index (χ2n) is 7.73. The van der Waals surface area contributed by atoms with Crippen molar-refractivity contribution < 1.29 is 26.8 Å². The van der Waals surface area contributed by atoms with E-state index in [-0.39, 0.29) is 28.2 Å². The predicted molar refractivity (Wildman–Crippen MR) is 107 cm³/mol. The summed E-state index contributed by atoms with van der Waals surface area (Å²) in [5, 5.41) is 15.1. The van der Waals surface area contributed by atoms with Crippen LogP contribution in [0.2, 0.25) is 0 Å². The van der Waals surface area contributed by atoms with Gasteiger partial charge in [0.1, 0.15) is 17.4 Å². The molecule has 0 spiro atoms. The van der Waals surface area contributed by atoms with Gasteiger partial charge in [-0.2, -0.15) is 14.9 Å². The van der Waals surface area contributed by atoms with Crippen molar-refractivity contribution in [2.75, 3.05) is 6.54 Å². The summed E-state index contributed by atoms with van der Waals surface area (Å²) in [6.07, 6.45) is 0.372. The van der Waals surface area contributed by atoms with Gasteiger partial charge in [-0.05, 0) is 18.2 Å². The van der Waals surface area contributed by atoms with Crippen molar-refractivity contribution in [2.24, 2.45) is 0 Å². The molecule has 5 aromatic rings. The molecule has 0 aliphatic carbocycles. The molecule has 1 aliphatic rings. The summed E-state index contributed by atoms with van der Waals surface area (Å²) in [6.45, 7) is 0.221. The highest BCUT2D eigenvalue weighted by Crippen LogP contribution is 2.35. The Hall–Kier alpha value is -4.56. The molecule has 1 N–H and O–H groups in total. The van der Waals surface area contributed by atoms with Crippen molar-refractivity contribution >= 4 is 11.4 Å². The summed E-state index contributed by atoms with van der Waals surface area (Å²) in [7, 11) is 0. The van der Waals surface area contributed by atoms with Gasteiger partial charge in [0.25, 0.3) is 5.89 Å². The highest BCUT2D eigenvalue weighted by Gasteiger charge is 2.38. The van der Waals surface area contributed by atoms with Crippen LogP contribution >= 0.6 is 0 Å². The normalized spacial score (nSPS) is 16.1. The van der Waals surface area contributed by atoms with E-state index in [9.17, 15) is 22.4 Å². The van der Waals surface area contributed by atoms with Gasteiger partial charge in [0.2, 0.25) is 0 Å². The number of nitrogens with zero attached hydrogens (tertiary/aromatic N) is 8. The fraction of sp³-hybridized carbons (Fsp3) is 0.200. The van der Waals surface area contributed by atoms with Crippen molar-refractivity contribution in [3.63, 3.8) is 0 Å². The second kappa shape index (κ2) is 7.48. The summed E-state index contributed by atoms with van der Waals surface area (Å²) in [6, 6.07) is 3.53. The molecule has 11 nitrogen and oxygen atoms in total. The third-order valence-corrected chi connectivity index (χ3v) is 5.63. The number of carbonyl (C=O) groups excluding carboxylic acids is 1. The third kappa shape index (κ3) is 3.43. The number of amides is 1. The van der Waals surface area contributed by atoms with Gasteiger partial charge in [-0.3, -0.25) is 4.79 Å². The second-order valence-corrected chi connectivity index (χ2v) is 7.73. The molecular weight excluding hydrogens is 474 g/mol.